The summed E-state index contributed by atoms with van der Waals surface area (Å²) in [6.45, 7) is 0.266. The molecule has 1 amide bonds. The van der Waals surface area contributed by atoms with Gasteiger partial charge in [-0.1, -0.05) is 6.07 Å². The van der Waals surface area contributed by atoms with E-state index in [0.717, 1.165) is 12.8 Å². The average molecular weight is 234 g/mol. The Morgan fingerprint density at radius 2 is 2.12 bits per heavy atom. The highest BCUT2D eigenvalue weighted by atomic mass is 16.4. The van der Waals surface area contributed by atoms with Gasteiger partial charge in [0.05, 0.1) is 12.1 Å². The van der Waals surface area contributed by atoms with Crippen LogP contribution in [0.3, 0.4) is 0 Å². The Labute approximate surface area is 98.8 Å². The third-order valence-electron chi connectivity index (χ3n) is 2.52. The van der Waals surface area contributed by atoms with E-state index in [0.29, 0.717) is 11.7 Å². The molecule has 1 fully saturated rings. The van der Waals surface area contributed by atoms with E-state index in [1.807, 2.05) is 0 Å². The molecule has 5 nitrogen and oxygen atoms in total. The van der Waals surface area contributed by atoms with Crippen LogP contribution in [0.5, 0.6) is 0 Å². The molecule has 0 radical (unpaired) electrons. The van der Waals surface area contributed by atoms with Gasteiger partial charge >= 0.3 is 5.97 Å². The molecule has 0 heterocycles. The van der Waals surface area contributed by atoms with Crippen LogP contribution >= 0.6 is 0 Å². The van der Waals surface area contributed by atoms with Gasteiger partial charge in [-0.15, -0.1) is 0 Å². The van der Waals surface area contributed by atoms with E-state index in [-0.39, 0.29) is 18.0 Å². The van der Waals surface area contributed by atoms with Crippen molar-refractivity contribution in [2.24, 2.45) is 0 Å². The van der Waals surface area contributed by atoms with Crippen molar-refractivity contribution in [3.05, 3.63) is 29.8 Å². The topological polar surface area (TPSA) is 78.4 Å². The second kappa shape index (κ2) is 4.97. The monoisotopic (exact) mass is 234 g/mol. The van der Waals surface area contributed by atoms with Crippen molar-refractivity contribution in [3.8, 4) is 0 Å². The number of carboxylic acid groups (broad SMARTS) is 1. The van der Waals surface area contributed by atoms with Gasteiger partial charge in [-0.25, -0.2) is 4.79 Å². The summed E-state index contributed by atoms with van der Waals surface area (Å²) in [7, 11) is 0. The van der Waals surface area contributed by atoms with Gasteiger partial charge in [-0.2, -0.15) is 0 Å². The number of carboxylic acids is 1. The van der Waals surface area contributed by atoms with Crippen LogP contribution in [0, 0.1) is 0 Å². The van der Waals surface area contributed by atoms with Gasteiger partial charge < -0.3 is 15.7 Å². The predicted molar refractivity (Wildman–Crippen MR) is 63.1 cm³/mol. The number of aromatic carboxylic acids is 1. The van der Waals surface area contributed by atoms with Crippen LogP contribution in [-0.2, 0) is 4.79 Å². The van der Waals surface area contributed by atoms with Gasteiger partial charge in [0.2, 0.25) is 5.91 Å². The molecule has 0 saturated heterocycles. The molecule has 1 aromatic rings. The number of hydrogen-bond donors (Lipinski definition) is 3. The lowest BCUT2D eigenvalue weighted by molar-refractivity contribution is -0.115. The Balaban J connectivity index is 1.90. The highest BCUT2D eigenvalue weighted by molar-refractivity contribution is 5.94. The average Bonchev–Trinajstić information content (AvgIpc) is 3.10. The van der Waals surface area contributed by atoms with Crippen LogP contribution in [-0.4, -0.2) is 29.6 Å². The Kier molecular flexibility index (Phi) is 3.39. The molecule has 1 aromatic carbocycles. The molecule has 90 valence electrons. The van der Waals surface area contributed by atoms with Gasteiger partial charge in [-0.05, 0) is 31.0 Å². The van der Waals surface area contributed by atoms with Gasteiger partial charge in [0.1, 0.15) is 0 Å². The van der Waals surface area contributed by atoms with Gasteiger partial charge in [-0.3, -0.25) is 4.79 Å². The maximum Gasteiger partial charge on any atom is 0.335 e. The van der Waals surface area contributed by atoms with E-state index in [1.54, 1.807) is 12.1 Å². The standard InChI is InChI=1S/C12H14N2O3/c15-11(7-13-9-4-5-9)14-10-3-1-2-8(6-10)12(16)17/h1-3,6,9,13H,4-5,7H2,(H,14,15)(H,16,17). The molecule has 17 heavy (non-hydrogen) atoms. The molecule has 0 atom stereocenters. The maximum atomic E-state index is 11.5. The predicted octanol–water partition coefficient (Wildman–Crippen LogP) is 1.08. The molecule has 2 rings (SSSR count). The molecule has 3 N–H and O–H groups in total. The SMILES string of the molecule is O=C(CNC1CC1)Nc1cccc(C(=O)O)c1. The fourth-order valence-electron chi connectivity index (χ4n) is 1.46. The van der Waals surface area contributed by atoms with Crippen LogP contribution in [0.15, 0.2) is 24.3 Å². The summed E-state index contributed by atoms with van der Waals surface area (Å²) in [5, 5.41) is 14.5. The van der Waals surface area contributed by atoms with Crippen molar-refractivity contribution in [2.75, 3.05) is 11.9 Å². The number of hydrogen-bond acceptors (Lipinski definition) is 3. The van der Waals surface area contributed by atoms with Crippen LogP contribution in [0.25, 0.3) is 0 Å². The van der Waals surface area contributed by atoms with Gasteiger partial charge in [0, 0.05) is 11.7 Å². The summed E-state index contributed by atoms with van der Waals surface area (Å²) >= 11 is 0. The Morgan fingerprint density at radius 3 is 2.76 bits per heavy atom. The molecule has 1 aliphatic carbocycles. The fourth-order valence-corrected chi connectivity index (χ4v) is 1.46. The van der Waals surface area contributed by atoms with Gasteiger partial charge in [0.15, 0.2) is 0 Å². The number of rotatable bonds is 5. The second-order valence-corrected chi connectivity index (χ2v) is 4.09. The molecule has 0 aromatic heterocycles. The number of nitrogens with one attached hydrogen (secondary N) is 2. The van der Waals surface area contributed by atoms with Crippen molar-refractivity contribution >= 4 is 17.6 Å². The minimum atomic E-state index is -1.00. The highest BCUT2D eigenvalue weighted by Crippen LogP contribution is 2.18. The van der Waals surface area contributed by atoms with Crippen LogP contribution < -0.4 is 10.6 Å². The third kappa shape index (κ3) is 3.57. The molecule has 0 unspecified atom stereocenters. The zero-order valence-corrected chi connectivity index (χ0v) is 9.27. The van der Waals surface area contributed by atoms with Crippen LogP contribution in [0.1, 0.15) is 23.2 Å². The van der Waals surface area contributed by atoms with E-state index in [9.17, 15) is 9.59 Å². The number of carbonyl (C=O) groups is 2. The molecule has 0 bridgehead atoms. The normalized spacial score (nSPS) is 14.4. The van der Waals surface area contributed by atoms with E-state index >= 15 is 0 Å². The molecule has 0 spiro atoms. The summed E-state index contributed by atoms with van der Waals surface area (Å²) in [6.07, 6.45) is 2.25. The lowest BCUT2D eigenvalue weighted by Gasteiger charge is -2.06. The molecule has 5 heteroatoms. The first-order valence-electron chi connectivity index (χ1n) is 5.52. The van der Waals surface area contributed by atoms with E-state index in [2.05, 4.69) is 10.6 Å². The van der Waals surface area contributed by atoms with Crippen LogP contribution in [0.4, 0.5) is 5.69 Å². The quantitative estimate of drug-likeness (QED) is 0.712. The second-order valence-electron chi connectivity index (χ2n) is 4.09. The lowest BCUT2D eigenvalue weighted by atomic mass is 10.2. The molecular weight excluding hydrogens is 220 g/mol. The zero-order valence-electron chi connectivity index (χ0n) is 9.27. The van der Waals surface area contributed by atoms with E-state index in [1.165, 1.54) is 12.1 Å². The first kappa shape index (κ1) is 11.6. The van der Waals surface area contributed by atoms with E-state index in [4.69, 9.17) is 5.11 Å². The maximum absolute atomic E-state index is 11.5. The fraction of sp³-hybridized carbons (Fsp3) is 0.333. The summed E-state index contributed by atoms with van der Waals surface area (Å²) in [5.74, 6) is -1.16. The summed E-state index contributed by atoms with van der Waals surface area (Å²) in [6, 6.07) is 6.68. The summed E-state index contributed by atoms with van der Waals surface area (Å²) in [5.41, 5.74) is 0.672. The van der Waals surface area contributed by atoms with Crippen molar-refractivity contribution < 1.29 is 14.7 Å². The first-order chi connectivity index (χ1) is 8.15. The number of anilines is 1. The molecule has 1 saturated carbocycles. The van der Waals surface area contributed by atoms with Crippen molar-refractivity contribution in [3.63, 3.8) is 0 Å². The van der Waals surface area contributed by atoms with Crippen LogP contribution in [0.2, 0.25) is 0 Å². The lowest BCUT2D eigenvalue weighted by Crippen LogP contribution is -2.29. The zero-order chi connectivity index (χ0) is 12.3. The smallest absolute Gasteiger partial charge is 0.335 e. The molecule has 0 aliphatic heterocycles. The number of amides is 1. The Morgan fingerprint density at radius 1 is 1.35 bits per heavy atom. The largest absolute Gasteiger partial charge is 0.478 e. The van der Waals surface area contributed by atoms with Crippen molar-refractivity contribution in [1.29, 1.82) is 0 Å². The number of benzene rings is 1. The third-order valence-corrected chi connectivity index (χ3v) is 2.52. The first-order valence-corrected chi connectivity index (χ1v) is 5.52. The molecule has 1 aliphatic rings. The Bertz CT molecular complexity index is 441. The highest BCUT2D eigenvalue weighted by Gasteiger charge is 2.21. The summed E-state index contributed by atoms with van der Waals surface area (Å²) < 4.78 is 0. The van der Waals surface area contributed by atoms with Crippen molar-refractivity contribution in [2.45, 2.75) is 18.9 Å². The van der Waals surface area contributed by atoms with Crippen molar-refractivity contribution in [1.82, 2.24) is 5.32 Å². The van der Waals surface area contributed by atoms with E-state index < -0.39 is 5.97 Å². The Hall–Kier alpha value is -1.88. The molecular formula is C12H14N2O3. The number of carbonyl (C=O) groups excluding carboxylic acids is 1. The minimum absolute atomic E-state index is 0.153. The summed E-state index contributed by atoms with van der Waals surface area (Å²) in [4.78, 5) is 22.2. The minimum Gasteiger partial charge on any atom is -0.478 e. The van der Waals surface area contributed by atoms with Gasteiger partial charge in [0.25, 0.3) is 0 Å².